The molecule has 4 unspecified atom stereocenters. The molecule has 4 aliphatic rings. The van der Waals surface area contributed by atoms with Gasteiger partial charge in [0.05, 0.1) is 16.9 Å². The number of rotatable bonds is 0. The van der Waals surface area contributed by atoms with Crippen molar-refractivity contribution < 1.29 is 19.1 Å². The molecule has 0 N–H and O–H groups in total. The van der Waals surface area contributed by atoms with E-state index in [1.807, 2.05) is 13.8 Å². The van der Waals surface area contributed by atoms with Gasteiger partial charge in [0.2, 0.25) is 0 Å². The van der Waals surface area contributed by atoms with Crippen molar-refractivity contribution >= 4 is 11.9 Å². The van der Waals surface area contributed by atoms with Gasteiger partial charge in [0, 0.05) is 6.42 Å². The molecule has 0 aromatic carbocycles. The number of ether oxygens (including phenoxy) is 2. The minimum Gasteiger partial charge on any atom is -0.462 e. The highest BCUT2D eigenvalue weighted by atomic mass is 16.6. The van der Waals surface area contributed by atoms with Gasteiger partial charge in [-0.3, -0.25) is 9.59 Å². The summed E-state index contributed by atoms with van der Waals surface area (Å²) in [6.45, 7) is 8.50. The van der Waals surface area contributed by atoms with Crippen LogP contribution in [0.5, 0.6) is 0 Å². The topological polar surface area (TPSA) is 52.6 Å². The standard InChI is InChI=1S/2C11H18O2/c1-8-3-5-11(7-8)6-4-9(2)13-10(11)12;1-8-3-5-11(6-4-8)7-9(2)13-10(11)12/h2*8-9H,3-7H2,1-2H3. The Morgan fingerprint density at radius 2 is 1.12 bits per heavy atom. The molecule has 2 spiro atoms. The quantitative estimate of drug-likeness (QED) is 0.565. The summed E-state index contributed by atoms with van der Waals surface area (Å²) >= 11 is 0. The first-order valence-corrected chi connectivity index (χ1v) is 10.7. The van der Waals surface area contributed by atoms with Crippen molar-refractivity contribution in [3.8, 4) is 0 Å². The van der Waals surface area contributed by atoms with Crippen LogP contribution in [-0.4, -0.2) is 24.1 Å². The zero-order valence-corrected chi connectivity index (χ0v) is 17.0. The Bertz CT molecular complexity index is 529. The minimum absolute atomic E-state index is 0.0758. The molecule has 4 heteroatoms. The maximum absolute atomic E-state index is 11.8. The Morgan fingerprint density at radius 3 is 1.58 bits per heavy atom. The molecule has 0 bridgehead atoms. The summed E-state index contributed by atoms with van der Waals surface area (Å²) in [5, 5.41) is 0. The Balaban J connectivity index is 0.000000151. The smallest absolute Gasteiger partial charge is 0.312 e. The number of carbonyl (C=O) groups excluding carboxylic acids is 2. The van der Waals surface area contributed by atoms with Gasteiger partial charge in [0.1, 0.15) is 6.10 Å². The zero-order valence-electron chi connectivity index (χ0n) is 17.0. The Morgan fingerprint density at radius 1 is 0.654 bits per heavy atom. The van der Waals surface area contributed by atoms with Crippen LogP contribution in [0.2, 0.25) is 0 Å². The number of cyclic esters (lactones) is 2. The zero-order chi connectivity index (χ0) is 18.9. The molecule has 0 amide bonds. The molecular formula is C22H36O4. The SMILES string of the molecule is CC1CCC2(CC1)CC(C)OC2=O.CC1CCC2(CCC(C)OC2=O)C1. The van der Waals surface area contributed by atoms with Crippen molar-refractivity contribution in [3.05, 3.63) is 0 Å². The highest BCUT2D eigenvalue weighted by molar-refractivity contribution is 5.79. The molecule has 2 aliphatic carbocycles. The summed E-state index contributed by atoms with van der Waals surface area (Å²) in [6, 6.07) is 0. The highest BCUT2D eigenvalue weighted by Gasteiger charge is 2.49. The van der Waals surface area contributed by atoms with Crippen molar-refractivity contribution in [1.82, 2.24) is 0 Å². The first-order valence-electron chi connectivity index (χ1n) is 10.7. The number of hydrogen-bond acceptors (Lipinski definition) is 4. The van der Waals surface area contributed by atoms with Crippen molar-refractivity contribution in [1.29, 1.82) is 0 Å². The Labute approximate surface area is 158 Å². The summed E-state index contributed by atoms with van der Waals surface area (Å²) in [7, 11) is 0. The van der Waals surface area contributed by atoms with Gasteiger partial charge in [-0.25, -0.2) is 0 Å². The van der Waals surface area contributed by atoms with Crippen LogP contribution in [0.1, 0.15) is 91.9 Å². The second kappa shape index (κ2) is 7.52. The van der Waals surface area contributed by atoms with Crippen molar-refractivity contribution in [2.75, 3.05) is 0 Å². The van der Waals surface area contributed by atoms with E-state index >= 15 is 0 Å². The number of hydrogen-bond donors (Lipinski definition) is 0. The van der Waals surface area contributed by atoms with Crippen molar-refractivity contribution in [2.45, 2.75) is 104 Å². The van der Waals surface area contributed by atoms with Crippen LogP contribution in [0.3, 0.4) is 0 Å². The van der Waals surface area contributed by atoms with Gasteiger partial charge in [-0.05, 0) is 83.5 Å². The van der Waals surface area contributed by atoms with Crippen LogP contribution in [0.4, 0.5) is 0 Å². The molecule has 26 heavy (non-hydrogen) atoms. The van der Waals surface area contributed by atoms with Crippen molar-refractivity contribution in [2.24, 2.45) is 22.7 Å². The third-order valence-corrected chi connectivity index (χ3v) is 7.28. The average Bonchev–Trinajstić information content (AvgIpc) is 3.09. The summed E-state index contributed by atoms with van der Waals surface area (Å²) in [6.07, 6.45) is 11.2. The Hall–Kier alpha value is -1.06. The molecule has 0 aromatic heterocycles. The Kier molecular flexibility index (Phi) is 5.69. The van der Waals surface area contributed by atoms with Gasteiger partial charge < -0.3 is 9.47 Å². The van der Waals surface area contributed by atoms with Crippen LogP contribution in [0.25, 0.3) is 0 Å². The van der Waals surface area contributed by atoms with E-state index in [1.165, 1.54) is 19.3 Å². The monoisotopic (exact) mass is 364 g/mol. The minimum atomic E-state index is -0.0775. The molecule has 2 saturated carbocycles. The molecule has 4 atom stereocenters. The second-order valence-electron chi connectivity index (χ2n) is 9.77. The van der Waals surface area contributed by atoms with Crippen LogP contribution in [0, 0.1) is 22.7 Å². The lowest BCUT2D eigenvalue weighted by Crippen LogP contribution is -2.38. The van der Waals surface area contributed by atoms with E-state index in [0.29, 0.717) is 5.92 Å². The predicted octanol–water partition coefficient (Wildman–Crippen LogP) is 5.04. The van der Waals surface area contributed by atoms with E-state index in [-0.39, 0.29) is 35.0 Å². The molecule has 2 heterocycles. The predicted molar refractivity (Wildman–Crippen MR) is 100 cm³/mol. The van der Waals surface area contributed by atoms with Gasteiger partial charge >= 0.3 is 11.9 Å². The first kappa shape index (κ1) is 19.7. The largest absolute Gasteiger partial charge is 0.462 e. The molecule has 4 fully saturated rings. The van der Waals surface area contributed by atoms with E-state index < -0.39 is 0 Å². The second-order valence-corrected chi connectivity index (χ2v) is 9.77. The highest BCUT2D eigenvalue weighted by Crippen LogP contribution is 2.49. The van der Waals surface area contributed by atoms with E-state index in [0.717, 1.165) is 50.9 Å². The van der Waals surface area contributed by atoms with Gasteiger partial charge in [-0.15, -0.1) is 0 Å². The average molecular weight is 365 g/mol. The maximum Gasteiger partial charge on any atom is 0.312 e. The molecule has 4 rings (SSSR count). The summed E-state index contributed by atoms with van der Waals surface area (Å²) in [5.41, 5.74) is -0.155. The molecule has 0 aromatic rings. The van der Waals surface area contributed by atoms with Crippen LogP contribution in [0.15, 0.2) is 0 Å². The molecule has 148 valence electrons. The van der Waals surface area contributed by atoms with Gasteiger partial charge in [0.25, 0.3) is 0 Å². The third-order valence-electron chi connectivity index (χ3n) is 7.28. The third kappa shape index (κ3) is 3.94. The summed E-state index contributed by atoms with van der Waals surface area (Å²) in [4.78, 5) is 23.4. The molecule has 2 saturated heterocycles. The van der Waals surface area contributed by atoms with Crippen molar-refractivity contribution in [3.63, 3.8) is 0 Å². The van der Waals surface area contributed by atoms with Gasteiger partial charge in [-0.1, -0.05) is 13.8 Å². The van der Waals surface area contributed by atoms with Gasteiger partial charge in [0.15, 0.2) is 0 Å². The lowest BCUT2D eigenvalue weighted by molar-refractivity contribution is -0.168. The fourth-order valence-electron chi connectivity index (χ4n) is 5.46. The van der Waals surface area contributed by atoms with Crippen LogP contribution < -0.4 is 0 Å². The van der Waals surface area contributed by atoms with E-state index in [9.17, 15) is 9.59 Å². The molecular weight excluding hydrogens is 328 g/mol. The molecule has 0 radical (unpaired) electrons. The number of esters is 2. The normalized spacial score (nSPS) is 45.2. The first-order chi connectivity index (χ1) is 12.2. The van der Waals surface area contributed by atoms with E-state index in [2.05, 4.69) is 13.8 Å². The molecule has 4 nitrogen and oxygen atoms in total. The van der Waals surface area contributed by atoms with E-state index in [4.69, 9.17) is 9.47 Å². The summed E-state index contributed by atoms with van der Waals surface area (Å²) < 4.78 is 10.6. The van der Waals surface area contributed by atoms with Gasteiger partial charge in [-0.2, -0.15) is 0 Å². The fraction of sp³-hybridized carbons (Fsp3) is 0.909. The van der Waals surface area contributed by atoms with Crippen LogP contribution in [-0.2, 0) is 19.1 Å². The summed E-state index contributed by atoms with van der Waals surface area (Å²) in [5.74, 6) is 1.66. The number of carbonyl (C=O) groups is 2. The van der Waals surface area contributed by atoms with E-state index in [1.54, 1.807) is 0 Å². The van der Waals surface area contributed by atoms with Crippen LogP contribution >= 0.6 is 0 Å². The lowest BCUT2D eigenvalue weighted by atomic mass is 9.69. The lowest BCUT2D eigenvalue weighted by Gasteiger charge is -2.34. The fourth-order valence-corrected chi connectivity index (χ4v) is 5.46. The maximum atomic E-state index is 11.8. The molecule has 2 aliphatic heterocycles.